The summed E-state index contributed by atoms with van der Waals surface area (Å²) in [5.41, 5.74) is 3.72. The molecule has 2 aromatic carbocycles. The summed E-state index contributed by atoms with van der Waals surface area (Å²) in [6, 6.07) is 10.8. The Morgan fingerprint density at radius 2 is 1.70 bits per heavy atom. The molecule has 0 unspecified atom stereocenters. The lowest BCUT2D eigenvalue weighted by Crippen LogP contribution is -2.21. The van der Waals surface area contributed by atoms with Gasteiger partial charge in [-0.15, -0.1) is 0 Å². The Kier molecular flexibility index (Phi) is 5.97. The summed E-state index contributed by atoms with van der Waals surface area (Å²) in [5.74, 6) is -0.0690. The maximum Gasteiger partial charge on any atom is 0.306 e. The van der Waals surface area contributed by atoms with Crippen molar-refractivity contribution in [1.82, 2.24) is 0 Å². The van der Waals surface area contributed by atoms with Crippen LogP contribution in [-0.4, -0.2) is 37.5 Å². The van der Waals surface area contributed by atoms with Gasteiger partial charge in [-0.3, -0.25) is 14.4 Å². The van der Waals surface area contributed by atoms with Gasteiger partial charge in [-0.25, -0.2) is 0 Å². The molecule has 1 aliphatic carbocycles. The largest absolute Gasteiger partial charge is 0.486 e. The zero-order valence-corrected chi connectivity index (χ0v) is 16.6. The van der Waals surface area contributed by atoms with E-state index in [9.17, 15) is 14.4 Å². The van der Waals surface area contributed by atoms with Gasteiger partial charge in [0.15, 0.2) is 23.9 Å². The first-order valence-corrected chi connectivity index (χ1v) is 10.1. The summed E-state index contributed by atoms with van der Waals surface area (Å²) in [5, 5.41) is 2.74. The molecule has 1 amide bonds. The number of rotatable bonds is 7. The molecule has 1 N–H and O–H groups in total. The lowest BCUT2D eigenvalue weighted by Gasteiger charge is -2.18. The average Bonchev–Trinajstić information content (AvgIpc) is 3.23. The van der Waals surface area contributed by atoms with Crippen molar-refractivity contribution in [3.05, 3.63) is 53.1 Å². The molecule has 0 fully saturated rings. The molecule has 0 radical (unpaired) electrons. The summed E-state index contributed by atoms with van der Waals surface area (Å²) in [4.78, 5) is 36.3. The summed E-state index contributed by atoms with van der Waals surface area (Å²) >= 11 is 0. The van der Waals surface area contributed by atoms with E-state index >= 15 is 0 Å². The van der Waals surface area contributed by atoms with E-state index in [-0.39, 0.29) is 25.2 Å². The molecule has 0 saturated carbocycles. The van der Waals surface area contributed by atoms with Crippen molar-refractivity contribution < 1.29 is 28.6 Å². The average molecular weight is 409 g/mol. The van der Waals surface area contributed by atoms with E-state index in [0.717, 1.165) is 19.3 Å². The molecular formula is C23H23NO6. The Morgan fingerprint density at radius 3 is 2.57 bits per heavy atom. The van der Waals surface area contributed by atoms with Crippen molar-refractivity contribution in [2.24, 2.45) is 0 Å². The minimum absolute atomic E-state index is 0.00901. The van der Waals surface area contributed by atoms with Crippen LogP contribution in [0, 0.1) is 0 Å². The van der Waals surface area contributed by atoms with E-state index in [0.29, 0.717) is 36.0 Å². The maximum atomic E-state index is 12.3. The predicted octanol–water partition coefficient (Wildman–Crippen LogP) is 3.09. The van der Waals surface area contributed by atoms with Crippen molar-refractivity contribution in [2.75, 3.05) is 25.1 Å². The number of ether oxygens (including phenoxy) is 3. The van der Waals surface area contributed by atoms with Gasteiger partial charge in [0.2, 0.25) is 0 Å². The van der Waals surface area contributed by atoms with E-state index in [1.165, 1.54) is 11.1 Å². The first-order valence-electron chi connectivity index (χ1n) is 10.1. The normalized spacial score (nSPS) is 14.0. The Labute approximate surface area is 174 Å². The van der Waals surface area contributed by atoms with Gasteiger partial charge in [-0.1, -0.05) is 6.07 Å². The van der Waals surface area contributed by atoms with E-state index in [1.807, 2.05) is 18.2 Å². The summed E-state index contributed by atoms with van der Waals surface area (Å²) in [6.45, 7) is 0.533. The number of carbonyl (C=O) groups is 3. The minimum Gasteiger partial charge on any atom is -0.486 e. The molecule has 1 aliphatic heterocycles. The Balaban J connectivity index is 1.21. The third-order valence-electron chi connectivity index (χ3n) is 5.17. The minimum atomic E-state index is -0.593. The van der Waals surface area contributed by atoms with Gasteiger partial charge in [0.05, 0.1) is 6.42 Å². The van der Waals surface area contributed by atoms with Gasteiger partial charge >= 0.3 is 5.97 Å². The molecular weight excluding hydrogens is 386 g/mol. The number of hydrogen-bond donors (Lipinski definition) is 1. The third kappa shape index (κ3) is 4.79. The summed E-state index contributed by atoms with van der Waals surface area (Å²) in [7, 11) is 0. The first kappa shape index (κ1) is 19.9. The summed E-state index contributed by atoms with van der Waals surface area (Å²) < 4.78 is 15.9. The number of anilines is 1. The highest BCUT2D eigenvalue weighted by molar-refractivity contribution is 5.98. The van der Waals surface area contributed by atoms with Crippen LogP contribution in [0.3, 0.4) is 0 Å². The molecule has 2 aliphatic rings. The van der Waals surface area contributed by atoms with Gasteiger partial charge in [0.25, 0.3) is 5.91 Å². The van der Waals surface area contributed by atoms with Crippen LogP contribution in [0.1, 0.15) is 40.7 Å². The highest BCUT2D eigenvalue weighted by Crippen LogP contribution is 2.31. The van der Waals surface area contributed by atoms with Crippen LogP contribution in [0.2, 0.25) is 0 Å². The van der Waals surface area contributed by atoms with Crippen LogP contribution in [0.5, 0.6) is 11.5 Å². The number of esters is 1. The highest BCUT2D eigenvalue weighted by atomic mass is 16.6. The molecule has 0 atom stereocenters. The molecule has 0 aromatic heterocycles. The second-order valence-electron chi connectivity index (χ2n) is 7.33. The molecule has 1 heterocycles. The van der Waals surface area contributed by atoms with Crippen molar-refractivity contribution in [3.63, 3.8) is 0 Å². The van der Waals surface area contributed by atoms with Gasteiger partial charge in [-0.05, 0) is 60.7 Å². The fourth-order valence-electron chi connectivity index (χ4n) is 3.64. The van der Waals surface area contributed by atoms with Gasteiger partial charge in [0, 0.05) is 17.7 Å². The maximum absolute atomic E-state index is 12.3. The second kappa shape index (κ2) is 8.98. The van der Waals surface area contributed by atoms with Crippen molar-refractivity contribution in [3.8, 4) is 11.5 Å². The fraction of sp³-hybridized carbons (Fsp3) is 0.348. The number of ketones is 1. The van der Waals surface area contributed by atoms with E-state index < -0.39 is 11.9 Å². The number of aryl methyl sites for hydroxylation is 2. The highest BCUT2D eigenvalue weighted by Gasteiger charge is 2.17. The molecule has 0 bridgehead atoms. The van der Waals surface area contributed by atoms with Crippen LogP contribution in [-0.2, 0) is 27.2 Å². The van der Waals surface area contributed by atoms with Crippen molar-refractivity contribution in [1.29, 1.82) is 0 Å². The molecule has 2 aromatic rings. The smallest absolute Gasteiger partial charge is 0.306 e. The number of hydrogen-bond acceptors (Lipinski definition) is 6. The Bertz CT molecular complexity index is 984. The van der Waals surface area contributed by atoms with Crippen molar-refractivity contribution in [2.45, 2.75) is 32.1 Å². The van der Waals surface area contributed by atoms with E-state index in [2.05, 4.69) is 5.32 Å². The monoisotopic (exact) mass is 409 g/mol. The molecule has 7 nitrogen and oxygen atoms in total. The van der Waals surface area contributed by atoms with Gasteiger partial charge < -0.3 is 19.5 Å². The number of Topliss-reactive ketones (excluding diaryl/α,β-unsaturated/α-hetero) is 1. The van der Waals surface area contributed by atoms with Crippen LogP contribution >= 0.6 is 0 Å². The molecule has 156 valence electrons. The van der Waals surface area contributed by atoms with Crippen LogP contribution in [0.15, 0.2) is 36.4 Å². The number of nitrogens with one attached hydrogen (secondary N) is 1. The summed E-state index contributed by atoms with van der Waals surface area (Å²) in [6.07, 6.45) is 3.12. The standard InChI is InChI=1S/C23H23NO6/c25-19(17-5-8-20-21(13-17)29-11-10-28-20)7-9-23(27)30-14-22(26)24-18-6-4-15-2-1-3-16(15)12-18/h4-6,8,12-13H,1-3,7,9-11,14H2,(H,24,26). The zero-order chi connectivity index (χ0) is 20.9. The molecule has 30 heavy (non-hydrogen) atoms. The quantitative estimate of drug-likeness (QED) is 0.558. The van der Waals surface area contributed by atoms with Crippen molar-refractivity contribution >= 4 is 23.3 Å². The lowest BCUT2D eigenvalue weighted by molar-refractivity contribution is -0.147. The number of carbonyl (C=O) groups excluding carboxylic acids is 3. The second-order valence-corrected chi connectivity index (χ2v) is 7.33. The predicted molar refractivity (Wildman–Crippen MR) is 109 cm³/mol. The molecule has 0 spiro atoms. The van der Waals surface area contributed by atoms with E-state index in [4.69, 9.17) is 14.2 Å². The zero-order valence-electron chi connectivity index (χ0n) is 16.6. The lowest BCUT2D eigenvalue weighted by atomic mass is 10.1. The van der Waals surface area contributed by atoms with E-state index in [1.54, 1.807) is 18.2 Å². The number of benzene rings is 2. The van der Waals surface area contributed by atoms with Crippen LogP contribution in [0.4, 0.5) is 5.69 Å². The van der Waals surface area contributed by atoms with Gasteiger partial charge in [-0.2, -0.15) is 0 Å². The Morgan fingerprint density at radius 1 is 0.900 bits per heavy atom. The third-order valence-corrected chi connectivity index (χ3v) is 5.17. The first-order chi connectivity index (χ1) is 14.6. The topological polar surface area (TPSA) is 90.9 Å². The van der Waals surface area contributed by atoms with Crippen LogP contribution in [0.25, 0.3) is 0 Å². The number of amides is 1. The number of fused-ring (bicyclic) bond motifs is 2. The molecule has 0 saturated heterocycles. The van der Waals surface area contributed by atoms with Crippen LogP contribution < -0.4 is 14.8 Å². The SMILES string of the molecule is O=C(COC(=O)CCC(=O)c1ccc2c(c1)OCCO2)Nc1ccc2c(c1)CCC2. The molecule has 7 heteroatoms. The molecule has 4 rings (SSSR count). The Hall–Kier alpha value is -3.35. The van der Waals surface area contributed by atoms with Gasteiger partial charge in [0.1, 0.15) is 13.2 Å². The fourth-order valence-corrected chi connectivity index (χ4v) is 3.64.